The van der Waals surface area contributed by atoms with E-state index in [1.54, 1.807) is 13.1 Å². The monoisotopic (exact) mass is 330 g/mol. The van der Waals surface area contributed by atoms with Crippen LogP contribution >= 0.6 is 0 Å². The number of nitrogens with one attached hydrogen (secondary N) is 2. The molecule has 0 aliphatic heterocycles. The van der Waals surface area contributed by atoms with Gasteiger partial charge in [0.25, 0.3) is 0 Å². The highest BCUT2D eigenvalue weighted by Gasteiger charge is 2.30. The Labute approximate surface area is 135 Å². The van der Waals surface area contributed by atoms with Crippen molar-refractivity contribution in [1.29, 1.82) is 0 Å². The van der Waals surface area contributed by atoms with E-state index in [1.807, 2.05) is 0 Å². The molecule has 0 amide bonds. The smallest absolute Gasteiger partial charge is 0.355 e. The summed E-state index contributed by atoms with van der Waals surface area (Å²) in [6.07, 6.45) is -4.32. The van der Waals surface area contributed by atoms with E-state index >= 15 is 0 Å². The van der Waals surface area contributed by atoms with Crippen LogP contribution in [0.2, 0.25) is 0 Å². The average Bonchev–Trinajstić information content (AvgIpc) is 2.54. The molecule has 1 rings (SSSR count). The lowest BCUT2D eigenvalue weighted by Gasteiger charge is -2.19. The molecule has 0 aliphatic carbocycles. The van der Waals surface area contributed by atoms with Gasteiger partial charge in [-0.2, -0.15) is 13.2 Å². The highest BCUT2D eigenvalue weighted by Crippen LogP contribution is 2.29. The summed E-state index contributed by atoms with van der Waals surface area (Å²) in [5, 5.41) is 6.19. The van der Waals surface area contributed by atoms with Crippen molar-refractivity contribution in [2.45, 2.75) is 26.6 Å². The van der Waals surface area contributed by atoms with Gasteiger partial charge in [0.1, 0.15) is 0 Å². The fraction of sp³-hybridized carbons (Fsp3) is 0.562. The number of aliphatic imine (C=N–C) groups is 1. The first kappa shape index (κ1) is 19.3. The molecule has 0 fully saturated rings. The van der Waals surface area contributed by atoms with Gasteiger partial charge in [-0.3, -0.25) is 4.99 Å². The number of likely N-dealkylation sites (N-methyl/N-ethyl adjacent to an activating group) is 1. The average molecular weight is 330 g/mol. The Morgan fingerprint density at radius 3 is 2.43 bits per heavy atom. The fourth-order valence-corrected chi connectivity index (χ4v) is 2.14. The second-order valence-electron chi connectivity index (χ2n) is 5.08. The van der Waals surface area contributed by atoms with Crippen molar-refractivity contribution in [3.8, 4) is 0 Å². The Hall–Kier alpha value is -1.76. The molecule has 0 radical (unpaired) electrons. The molecule has 0 atom stereocenters. The van der Waals surface area contributed by atoms with Gasteiger partial charge in [0, 0.05) is 26.7 Å². The number of alkyl halides is 3. The molecule has 23 heavy (non-hydrogen) atoms. The highest BCUT2D eigenvalue weighted by atomic mass is 19.4. The van der Waals surface area contributed by atoms with E-state index in [-0.39, 0.29) is 6.54 Å². The first-order chi connectivity index (χ1) is 10.9. The summed E-state index contributed by atoms with van der Waals surface area (Å²) in [5.74, 6) is 0.578. The molecule has 0 aromatic heterocycles. The second kappa shape index (κ2) is 9.39. The molecule has 2 N–H and O–H groups in total. The number of halogens is 3. The summed E-state index contributed by atoms with van der Waals surface area (Å²) in [5.41, 5.74) is -0.0761. The van der Waals surface area contributed by atoms with Crippen molar-refractivity contribution in [1.82, 2.24) is 15.5 Å². The first-order valence-corrected chi connectivity index (χ1v) is 7.73. The predicted molar refractivity (Wildman–Crippen MR) is 87.4 cm³/mol. The molecule has 0 spiro atoms. The molecule has 1 aromatic rings. The van der Waals surface area contributed by atoms with Gasteiger partial charge in [-0.1, -0.05) is 26.0 Å². The molecule has 0 saturated heterocycles. The van der Waals surface area contributed by atoms with E-state index in [9.17, 15) is 13.2 Å². The van der Waals surface area contributed by atoms with Crippen LogP contribution in [0.1, 0.15) is 25.0 Å². The van der Waals surface area contributed by atoms with E-state index in [4.69, 9.17) is 0 Å². The van der Waals surface area contributed by atoms with Crippen LogP contribution in [-0.2, 0) is 12.7 Å². The lowest BCUT2D eigenvalue weighted by Crippen LogP contribution is -2.41. The number of hydrogen-bond acceptors (Lipinski definition) is 2. The normalized spacial score (nSPS) is 12.6. The van der Waals surface area contributed by atoms with Crippen LogP contribution in [0.15, 0.2) is 29.3 Å². The van der Waals surface area contributed by atoms with Crippen molar-refractivity contribution in [3.63, 3.8) is 0 Å². The van der Waals surface area contributed by atoms with E-state index in [1.165, 1.54) is 6.07 Å². The highest BCUT2D eigenvalue weighted by molar-refractivity contribution is 5.79. The maximum atomic E-state index is 12.7. The summed E-state index contributed by atoms with van der Waals surface area (Å²) < 4.78 is 38.0. The van der Waals surface area contributed by atoms with Crippen LogP contribution in [0.5, 0.6) is 0 Å². The van der Waals surface area contributed by atoms with Gasteiger partial charge in [0.2, 0.25) is 0 Å². The standard InChI is InChI=1S/C16H25F3N4/c1-4-23(5-2)10-9-21-15(20-3)22-12-13-7-6-8-14(11-13)16(17,18)19/h6-8,11H,4-5,9-10,12H2,1-3H3,(H2,20,21,22). The molecule has 0 bridgehead atoms. The van der Waals surface area contributed by atoms with Gasteiger partial charge >= 0.3 is 6.18 Å². The number of guanidine groups is 1. The van der Waals surface area contributed by atoms with E-state index in [0.29, 0.717) is 11.5 Å². The lowest BCUT2D eigenvalue weighted by molar-refractivity contribution is -0.137. The third-order valence-electron chi connectivity index (χ3n) is 3.55. The topological polar surface area (TPSA) is 39.7 Å². The van der Waals surface area contributed by atoms with Gasteiger partial charge in [0.05, 0.1) is 5.56 Å². The number of benzene rings is 1. The minimum absolute atomic E-state index is 0.287. The van der Waals surface area contributed by atoms with Crippen LogP contribution in [0, 0.1) is 0 Å². The van der Waals surface area contributed by atoms with E-state index in [2.05, 4.69) is 34.4 Å². The van der Waals surface area contributed by atoms with Crippen LogP contribution in [0.25, 0.3) is 0 Å². The summed E-state index contributed by atoms with van der Waals surface area (Å²) in [7, 11) is 1.64. The first-order valence-electron chi connectivity index (χ1n) is 7.73. The molecule has 0 aliphatic rings. The molecular weight excluding hydrogens is 305 g/mol. The van der Waals surface area contributed by atoms with Crippen molar-refractivity contribution in [2.75, 3.05) is 33.2 Å². The molecule has 0 heterocycles. The van der Waals surface area contributed by atoms with Crippen LogP contribution in [0.4, 0.5) is 13.2 Å². The predicted octanol–water partition coefficient (Wildman–Crippen LogP) is 2.71. The van der Waals surface area contributed by atoms with Gasteiger partial charge in [0.15, 0.2) is 5.96 Å². The maximum absolute atomic E-state index is 12.7. The Morgan fingerprint density at radius 1 is 1.17 bits per heavy atom. The van der Waals surface area contributed by atoms with Gasteiger partial charge in [-0.15, -0.1) is 0 Å². The number of nitrogens with zero attached hydrogens (tertiary/aromatic N) is 2. The van der Waals surface area contributed by atoms with E-state index in [0.717, 1.165) is 38.3 Å². The summed E-state index contributed by atoms with van der Waals surface area (Å²) in [6.45, 7) is 8.06. The Balaban J connectivity index is 2.49. The van der Waals surface area contributed by atoms with Crippen molar-refractivity contribution in [2.24, 2.45) is 4.99 Å². The molecular formula is C16H25F3N4. The minimum Gasteiger partial charge on any atom is -0.355 e. The molecule has 0 saturated carbocycles. The zero-order chi connectivity index (χ0) is 17.3. The molecule has 7 heteroatoms. The van der Waals surface area contributed by atoms with Crippen LogP contribution < -0.4 is 10.6 Å². The third kappa shape index (κ3) is 6.90. The number of hydrogen-bond donors (Lipinski definition) is 2. The Morgan fingerprint density at radius 2 is 1.87 bits per heavy atom. The third-order valence-corrected chi connectivity index (χ3v) is 3.55. The van der Waals surface area contributed by atoms with Gasteiger partial charge in [-0.25, -0.2) is 0 Å². The Kier molecular flexibility index (Phi) is 7.88. The van der Waals surface area contributed by atoms with Crippen molar-refractivity contribution >= 4 is 5.96 Å². The number of rotatable bonds is 7. The largest absolute Gasteiger partial charge is 0.416 e. The van der Waals surface area contributed by atoms with Crippen molar-refractivity contribution < 1.29 is 13.2 Å². The van der Waals surface area contributed by atoms with Crippen LogP contribution in [-0.4, -0.2) is 44.1 Å². The second-order valence-corrected chi connectivity index (χ2v) is 5.08. The maximum Gasteiger partial charge on any atom is 0.416 e. The quantitative estimate of drug-likeness (QED) is 0.596. The molecule has 0 unspecified atom stereocenters. The fourth-order valence-electron chi connectivity index (χ4n) is 2.14. The Bertz CT molecular complexity index is 496. The lowest BCUT2D eigenvalue weighted by atomic mass is 10.1. The molecule has 130 valence electrons. The van der Waals surface area contributed by atoms with Gasteiger partial charge in [-0.05, 0) is 30.8 Å². The minimum atomic E-state index is -4.32. The molecule has 1 aromatic carbocycles. The summed E-state index contributed by atoms with van der Waals surface area (Å²) in [6, 6.07) is 5.29. The van der Waals surface area contributed by atoms with E-state index < -0.39 is 11.7 Å². The molecule has 4 nitrogen and oxygen atoms in total. The van der Waals surface area contributed by atoms with Gasteiger partial charge < -0.3 is 15.5 Å². The SMILES string of the molecule is CCN(CC)CCNC(=NC)NCc1cccc(C(F)(F)F)c1. The van der Waals surface area contributed by atoms with Crippen LogP contribution in [0.3, 0.4) is 0 Å². The van der Waals surface area contributed by atoms with Crippen molar-refractivity contribution in [3.05, 3.63) is 35.4 Å². The zero-order valence-electron chi connectivity index (χ0n) is 13.9. The summed E-state index contributed by atoms with van der Waals surface area (Å²) >= 11 is 0. The zero-order valence-corrected chi connectivity index (χ0v) is 13.9. The summed E-state index contributed by atoms with van der Waals surface area (Å²) in [4.78, 5) is 6.35.